The van der Waals surface area contributed by atoms with Gasteiger partial charge in [0.2, 0.25) is 12.5 Å². The summed E-state index contributed by atoms with van der Waals surface area (Å²) in [6, 6.07) is 3.29. The van der Waals surface area contributed by atoms with Gasteiger partial charge in [-0.1, -0.05) is 12.2 Å². The average Bonchev–Trinajstić information content (AvgIpc) is 2.81. The molecular formula is C13H14O5. The lowest BCUT2D eigenvalue weighted by molar-refractivity contribution is 0.124. The number of hydrogen-bond donors (Lipinski definition) is 3. The first-order valence-electron chi connectivity index (χ1n) is 5.82. The van der Waals surface area contributed by atoms with Crippen LogP contribution >= 0.6 is 0 Å². The van der Waals surface area contributed by atoms with Crippen LogP contribution in [0.3, 0.4) is 0 Å². The van der Waals surface area contributed by atoms with E-state index in [0.717, 1.165) is 5.56 Å². The molecule has 0 spiro atoms. The van der Waals surface area contributed by atoms with E-state index in [0.29, 0.717) is 17.9 Å². The Kier molecular flexibility index (Phi) is 2.65. The standard InChI is InChI=1S/C13H14O5/c14-8-1-2-10(15)9(5-8)7-3-11(16)13-12(4-7)17-6-18-13/h1-4,8-10,14-16H,5-6H2. The Hall–Kier alpha value is -1.72. The van der Waals surface area contributed by atoms with Crippen molar-refractivity contribution in [3.63, 3.8) is 0 Å². The van der Waals surface area contributed by atoms with Crippen molar-refractivity contribution in [2.45, 2.75) is 24.5 Å². The largest absolute Gasteiger partial charge is 0.504 e. The quantitative estimate of drug-likeness (QED) is 0.645. The molecule has 3 unspecified atom stereocenters. The molecule has 3 rings (SSSR count). The van der Waals surface area contributed by atoms with E-state index >= 15 is 0 Å². The number of aromatic hydroxyl groups is 1. The molecule has 5 heteroatoms. The van der Waals surface area contributed by atoms with Gasteiger partial charge < -0.3 is 24.8 Å². The first-order chi connectivity index (χ1) is 8.65. The lowest BCUT2D eigenvalue weighted by atomic mass is 9.84. The summed E-state index contributed by atoms with van der Waals surface area (Å²) in [7, 11) is 0. The van der Waals surface area contributed by atoms with Gasteiger partial charge in [0.25, 0.3) is 0 Å². The molecule has 0 saturated carbocycles. The van der Waals surface area contributed by atoms with Gasteiger partial charge in [0.1, 0.15) is 0 Å². The number of benzene rings is 1. The summed E-state index contributed by atoms with van der Waals surface area (Å²) >= 11 is 0. The minimum atomic E-state index is -0.673. The Bertz CT molecular complexity index is 496. The summed E-state index contributed by atoms with van der Waals surface area (Å²) in [5, 5.41) is 29.4. The number of aliphatic hydroxyl groups is 2. The third-order valence-corrected chi connectivity index (χ3v) is 3.34. The summed E-state index contributed by atoms with van der Waals surface area (Å²) in [4.78, 5) is 0. The second kappa shape index (κ2) is 4.19. The van der Waals surface area contributed by atoms with E-state index in [1.54, 1.807) is 24.3 Å². The lowest BCUT2D eigenvalue weighted by Gasteiger charge is -2.27. The Labute approximate surface area is 104 Å². The Morgan fingerprint density at radius 3 is 2.78 bits per heavy atom. The number of fused-ring (bicyclic) bond motifs is 1. The predicted octanol–water partition coefficient (Wildman–Crippen LogP) is 0.886. The fraction of sp³-hybridized carbons (Fsp3) is 0.385. The highest BCUT2D eigenvalue weighted by Gasteiger charge is 2.28. The van der Waals surface area contributed by atoms with Crippen molar-refractivity contribution in [3.05, 3.63) is 29.8 Å². The fourth-order valence-electron chi connectivity index (χ4n) is 2.41. The summed E-state index contributed by atoms with van der Waals surface area (Å²) in [6.45, 7) is 0.0854. The monoisotopic (exact) mass is 250 g/mol. The van der Waals surface area contributed by atoms with Crippen LogP contribution in [0.15, 0.2) is 24.3 Å². The van der Waals surface area contributed by atoms with Gasteiger partial charge in [-0.15, -0.1) is 0 Å². The molecule has 0 bridgehead atoms. The molecule has 96 valence electrons. The van der Waals surface area contributed by atoms with Crippen LogP contribution in [-0.4, -0.2) is 34.3 Å². The van der Waals surface area contributed by atoms with Gasteiger partial charge >= 0.3 is 0 Å². The molecule has 0 fully saturated rings. The van der Waals surface area contributed by atoms with Crippen LogP contribution in [0.4, 0.5) is 0 Å². The molecule has 1 aromatic rings. The van der Waals surface area contributed by atoms with Crippen LogP contribution in [0.25, 0.3) is 0 Å². The van der Waals surface area contributed by atoms with Gasteiger partial charge in [0.05, 0.1) is 12.2 Å². The highest BCUT2D eigenvalue weighted by molar-refractivity contribution is 5.55. The van der Waals surface area contributed by atoms with Gasteiger partial charge in [-0.2, -0.15) is 0 Å². The van der Waals surface area contributed by atoms with Gasteiger partial charge in [-0.25, -0.2) is 0 Å². The summed E-state index contributed by atoms with van der Waals surface area (Å²) in [5.41, 5.74) is 0.729. The van der Waals surface area contributed by atoms with Crippen molar-refractivity contribution in [1.29, 1.82) is 0 Å². The maximum absolute atomic E-state index is 9.93. The van der Waals surface area contributed by atoms with Crippen molar-refractivity contribution >= 4 is 0 Å². The van der Waals surface area contributed by atoms with Crippen LogP contribution in [0.1, 0.15) is 17.9 Å². The second-order valence-electron chi connectivity index (χ2n) is 4.56. The zero-order chi connectivity index (χ0) is 12.7. The zero-order valence-corrected chi connectivity index (χ0v) is 9.61. The van der Waals surface area contributed by atoms with E-state index in [2.05, 4.69) is 0 Å². The highest BCUT2D eigenvalue weighted by Crippen LogP contribution is 2.44. The highest BCUT2D eigenvalue weighted by atomic mass is 16.7. The smallest absolute Gasteiger partial charge is 0.231 e. The molecule has 2 aliphatic rings. The minimum absolute atomic E-state index is 0.00348. The third kappa shape index (κ3) is 1.81. The molecule has 0 saturated heterocycles. The van der Waals surface area contributed by atoms with Crippen molar-refractivity contribution < 1.29 is 24.8 Å². The number of ether oxygens (including phenoxy) is 2. The first-order valence-corrected chi connectivity index (χ1v) is 5.82. The lowest BCUT2D eigenvalue weighted by Crippen LogP contribution is -2.25. The van der Waals surface area contributed by atoms with Crippen LogP contribution in [0, 0.1) is 0 Å². The molecule has 1 heterocycles. The molecule has 18 heavy (non-hydrogen) atoms. The summed E-state index contributed by atoms with van der Waals surface area (Å²) in [6.07, 6.45) is 2.31. The SMILES string of the molecule is Oc1cc(C2CC(O)C=CC2O)cc2c1OCO2. The average molecular weight is 250 g/mol. The number of hydrogen-bond acceptors (Lipinski definition) is 5. The first kappa shape index (κ1) is 11.4. The van der Waals surface area contributed by atoms with E-state index in [4.69, 9.17) is 9.47 Å². The number of phenolic OH excluding ortho intramolecular Hbond substituents is 1. The van der Waals surface area contributed by atoms with Gasteiger partial charge in [0, 0.05) is 5.92 Å². The Balaban J connectivity index is 1.97. The second-order valence-corrected chi connectivity index (χ2v) is 4.56. The number of aliphatic hydroxyl groups excluding tert-OH is 2. The molecule has 5 nitrogen and oxygen atoms in total. The fourth-order valence-corrected chi connectivity index (χ4v) is 2.41. The number of rotatable bonds is 1. The topological polar surface area (TPSA) is 79.2 Å². The molecule has 0 radical (unpaired) electrons. The molecule has 0 amide bonds. The van der Waals surface area contributed by atoms with Crippen LogP contribution in [0.5, 0.6) is 17.2 Å². The van der Waals surface area contributed by atoms with Crippen LogP contribution in [0.2, 0.25) is 0 Å². The van der Waals surface area contributed by atoms with Gasteiger partial charge in [-0.3, -0.25) is 0 Å². The molecule has 3 N–H and O–H groups in total. The third-order valence-electron chi connectivity index (χ3n) is 3.34. The van der Waals surface area contributed by atoms with Crippen molar-refractivity contribution in [3.8, 4) is 17.2 Å². The molecule has 0 aromatic heterocycles. The Morgan fingerprint density at radius 1 is 1.11 bits per heavy atom. The van der Waals surface area contributed by atoms with Crippen molar-refractivity contribution in [1.82, 2.24) is 0 Å². The normalized spacial score (nSPS) is 29.6. The number of phenols is 1. The van der Waals surface area contributed by atoms with E-state index in [1.165, 1.54) is 0 Å². The summed E-state index contributed by atoms with van der Waals surface area (Å²) in [5.74, 6) is 0.544. The maximum Gasteiger partial charge on any atom is 0.231 e. The van der Waals surface area contributed by atoms with Gasteiger partial charge in [-0.05, 0) is 24.1 Å². The van der Waals surface area contributed by atoms with Crippen LogP contribution < -0.4 is 9.47 Å². The molecule has 1 aliphatic heterocycles. The van der Waals surface area contributed by atoms with Crippen LogP contribution in [-0.2, 0) is 0 Å². The van der Waals surface area contributed by atoms with Crippen molar-refractivity contribution in [2.75, 3.05) is 6.79 Å². The van der Waals surface area contributed by atoms with E-state index in [1.807, 2.05) is 0 Å². The van der Waals surface area contributed by atoms with Crippen molar-refractivity contribution in [2.24, 2.45) is 0 Å². The predicted molar refractivity (Wildman–Crippen MR) is 62.7 cm³/mol. The Morgan fingerprint density at radius 2 is 1.94 bits per heavy atom. The molecule has 1 aliphatic carbocycles. The van der Waals surface area contributed by atoms with E-state index in [-0.39, 0.29) is 18.5 Å². The van der Waals surface area contributed by atoms with E-state index < -0.39 is 12.2 Å². The maximum atomic E-state index is 9.93. The molecule has 3 atom stereocenters. The van der Waals surface area contributed by atoms with E-state index in [9.17, 15) is 15.3 Å². The van der Waals surface area contributed by atoms with Gasteiger partial charge in [0.15, 0.2) is 11.5 Å². The molecule has 1 aromatic carbocycles. The minimum Gasteiger partial charge on any atom is -0.504 e. The summed E-state index contributed by atoms with van der Waals surface area (Å²) < 4.78 is 10.3. The molecular weight excluding hydrogens is 236 g/mol. The zero-order valence-electron chi connectivity index (χ0n) is 9.61.